The summed E-state index contributed by atoms with van der Waals surface area (Å²) in [7, 11) is 0. The molecule has 2 aromatic carbocycles. The molecule has 5 heteroatoms. The van der Waals surface area contributed by atoms with Gasteiger partial charge in [0.25, 0.3) is 0 Å². The Morgan fingerprint density at radius 1 is 0.900 bits per heavy atom. The lowest BCUT2D eigenvalue weighted by atomic mass is 10.0. The van der Waals surface area contributed by atoms with Crippen LogP contribution in [0.5, 0.6) is 0 Å². The van der Waals surface area contributed by atoms with E-state index in [1.165, 1.54) is 0 Å². The van der Waals surface area contributed by atoms with Crippen molar-refractivity contribution in [3.8, 4) is 0 Å². The number of rotatable bonds is 12. The Balaban J connectivity index is 2.06. The number of carbonyl (C=O) groups excluding carboxylic acids is 2. The number of carbonyl (C=O) groups is 2. The Morgan fingerprint density at radius 2 is 1.50 bits per heavy atom. The summed E-state index contributed by atoms with van der Waals surface area (Å²) in [6.07, 6.45) is 2.11. The van der Waals surface area contributed by atoms with Gasteiger partial charge in [-0.15, -0.1) is 0 Å². The fourth-order valence-electron chi connectivity index (χ4n) is 3.43. The molecule has 2 amide bonds. The van der Waals surface area contributed by atoms with Crippen molar-refractivity contribution in [3.05, 3.63) is 71.8 Å². The second-order valence-corrected chi connectivity index (χ2v) is 8.04. The zero-order valence-corrected chi connectivity index (χ0v) is 18.4. The summed E-state index contributed by atoms with van der Waals surface area (Å²) in [5.41, 5.74) is 2.25. The molecule has 0 saturated carbocycles. The van der Waals surface area contributed by atoms with Gasteiger partial charge < -0.3 is 10.6 Å². The van der Waals surface area contributed by atoms with Crippen molar-refractivity contribution in [3.63, 3.8) is 0 Å². The summed E-state index contributed by atoms with van der Waals surface area (Å²) in [4.78, 5) is 25.2. The minimum absolute atomic E-state index is 0.0218. The predicted molar refractivity (Wildman–Crippen MR) is 122 cm³/mol. The molecule has 0 spiro atoms. The molecule has 0 radical (unpaired) electrons. The number of aryl methyl sites for hydroxylation is 1. The van der Waals surface area contributed by atoms with E-state index in [-0.39, 0.29) is 24.0 Å². The molecule has 0 aliphatic rings. The Hall–Kier alpha value is -2.66. The van der Waals surface area contributed by atoms with Crippen LogP contribution in [0.4, 0.5) is 0 Å². The van der Waals surface area contributed by atoms with Crippen molar-refractivity contribution in [2.24, 2.45) is 5.92 Å². The number of nitrogens with one attached hydrogen (secondary N) is 3. The first-order valence-electron chi connectivity index (χ1n) is 10.9. The molecule has 2 atom stereocenters. The monoisotopic (exact) mass is 409 g/mol. The van der Waals surface area contributed by atoms with Crippen molar-refractivity contribution >= 4 is 11.8 Å². The zero-order chi connectivity index (χ0) is 21.8. The average molecular weight is 410 g/mol. The van der Waals surface area contributed by atoms with Crippen molar-refractivity contribution in [1.29, 1.82) is 0 Å². The van der Waals surface area contributed by atoms with Crippen LogP contribution < -0.4 is 16.0 Å². The third kappa shape index (κ3) is 8.78. The van der Waals surface area contributed by atoms with E-state index in [2.05, 4.69) is 29.8 Å². The maximum Gasteiger partial charge on any atom is 0.237 e. The zero-order valence-electron chi connectivity index (χ0n) is 18.4. The van der Waals surface area contributed by atoms with Crippen LogP contribution in [-0.4, -0.2) is 30.6 Å². The lowest BCUT2D eigenvalue weighted by Crippen LogP contribution is -2.55. The van der Waals surface area contributed by atoms with Gasteiger partial charge in [-0.1, -0.05) is 74.5 Å². The van der Waals surface area contributed by atoms with Gasteiger partial charge in [0.05, 0.1) is 12.2 Å². The van der Waals surface area contributed by atoms with Crippen molar-refractivity contribution in [2.45, 2.75) is 58.7 Å². The first-order chi connectivity index (χ1) is 14.5. The van der Waals surface area contributed by atoms with E-state index in [9.17, 15) is 9.59 Å². The first kappa shape index (κ1) is 23.6. The molecule has 30 heavy (non-hydrogen) atoms. The van der Waals surface area contributed by atoms with Crippen molar-refractivity contribution in [1.82, 2.24) is 16.0 Å². The third-order valence-electron chi connectivity index (χ3n) is 4.88. The van der Waals surface area contributed by atoms with Gasteiger partial charge in [-0.05, 0) is 36.8 Å². The number of amides is 2. The molecule has 0 heterocycles. The Labute approximate surface area is 180 Å². The van der Waals surface area contributed by atoms with Gasteiger partial charge in [0.2, 0.25) is 11.8 Å². The number of benzene rings is 2. The van der Waals surface area contributed by atoms with E-state index >= 15 is 0 Å². The summed E-state index contributed by atoms with van der Waals surface area (Å²) in [6, 6.07) is 19.7. The molecule has 0 aliphatic heterocycles. The minimum atomic E-state index is -0.354. The molecule has 2 aromatic rings. The topological polar surface area (TPSA) is 70.2 Å². The molecule has 5 nitrogen and oxygen atoms in total. The average Bonchev–Trinajstić information content (AvgIpc) is 2.73. The van der Waals surface area contributed by atoms with Crippen LogP contribution in [0.15, 0.2) is 60.7 Å². The number of likely N-dealkylation sites (N-methyl/N-ethyl adjacent to an activating group) is 1. The van der Waals surface area contributed by atoms with Crippen LogP contribution in [-0.2, 0) is 22.4 Å². The van der Waals surface area contributed by atoms with E-state index < -0.39 is 0 Å². The maximum atomic E-state index is 12.7. The quantitative estimate of drug-likeness (QED) is 0.470. The Kier molecular flexibility index (Phi) is 10.1. The third-order valence-corrected chi connectivity index (χ3v) is 4.88. The van der Waals surface area contributed by atoms with Gasteiger partial charge in [0.1, 0.15) is 0 Å². The van der Waals surface area contributed by atoms with Gasteiger partial charge in [0.15, 0.2) is 0 Å². The van der Waals surface area contributed by atoms with Crippen LogP contribution in [0.1, 0.15) is 44.7 Å². The second-order valence-electron chi connectivity index (χ2n) is 8.04. The number of hydrogen-bond acceptors (Lipinski definition) is 3. The van der Waals surface area contributed by atoms with Crippen molar-refractivity contribution in [2.75, 3.05) is 6.54 Å². The Morgan fingerprint density at radius 3 is 2.07 bits per heavy atom. The van der Waals surface area contributed by atoms with Crippen LogP contribution in [0.25, 0.3) is 0 Å². The summed E-state index contributed by atoms with van der Waals surface area (Å²) >= 11 is 0. The number of hydrogen-bond donors (Lipinski definition) is 3. The molecule has 0 saturated heterocycles. The Bertz CT molecular complexity index is 762. The summed E-state index contributed by atoms with van der Waals surface area (Å²) < 4.78 is 0. The highest BCUT2D eigenvalue weighted by Crippen LogP contribution is 2.09. The van der Waals surface area contributed by atoms with Gasteiger partial charge in [-0.25, -0.2) is 0 Å². The summed E-state index contributed by atoms with van der Waals surface area (Å²) in [5, 5.41) is 9.42. The van der Waals surface area contributed by atoms with Gasteiger partial charge in [-0.2, -0.15) is 0 Å². The van der Waals surface area contributed by atoms with E-state index in [1.807, 2.05) is 67.6 Å². The van der Waals surface area contributed by atoms with Gasteiger partial charge in [-0.3, -0.25) is 14.9 Å². The maximum absolute atomic E-state index is 12.7. The van der Waals surface area contributed by atoms with E-state index in [0.717, 1.165) is 11.1 Å². The smallest absolute Gasteiger partial charge is 0.237 e. The highest BCUT2D eigenvalue weighted by atomic mass is 16.2. The van der Waals surface area contributed by atoms with Crippen LogP contribution in [0.3, 0.4) is 0 Å². The second kappa shape index (κ2) is 12.8. The van der Waals surface area contributed by atoms with Crippen LogP contribution in [0, 0.1) is 5.92 Å². The molecule has 0 fully saturated rings. The molecule has 3 N–H and O–H groups in total. The van der Waals surface area contributed by atoms with Crippen molar-refractivity contribution < 1.29 is 9.59 Å². The van der Waals surface area contributed by atoms with E-state index in [4.69, 9.17) is 0 Å². The molecule has 162 valence electrons. The van der Waals surface area contributed by atoms with Gasteiger partial charge >= 0.3 is 0 Å². The molecular formula is C25H35N3O2. The highest BCUT2D eigenvalue weighted by Gasteiger charge is 2.24. The molecule has 0 aliphatic carbocycles. The molecule has 0 bridgehead atoms. The van der Waals surface area contributed by atoms with Crippen LogP contribution >= 0.6 is 0 Å². The highest BCUT2D eigenvalue weighted by molar-refractivity contribution is 5.82. The molecular weight excluding hydrogens is 374 g/mol. The molecule has 0 aromatic heterocycles. The molecule has 1 unspecified atom stereocenters. The van der Waals surface area contributed by atoms with E-state index in [0.29, 0.717) is 38.1 Å². The predicted octanol–water partition coefficient (Wildman–Crippen LogP) is 3.44. The minimum Gasteiger partial charge on any atom is -0.355 e. The normalized spacial score (nSPS) is 12.9. The molecule has 2 rings (SSSR count). The lowest BCUT2D eigenvalue weighted by molar-refractivity contribution is -0.125. The fourth-order valence-corrected chi connectivity index (χ4v) is 3.43. The standard InChI is InChI=1S/C25H35N3O2/c1-4-26-25(30)22(17-19(2)3)27-23(18-21-13-9-6-10-14-21)28-24(29)16-15-20-11-7-5-8-12-20/h5-14,19,22-23,27H,4,15-18H2,1-3H3,(H,26,30)(H,28,29)/t22?,23-/m1/s1. The summed E-state index contributed by atoms with van der Waals surface area (Å²) in [5.74, 6) is 0.311. The van der Waals surface area contributed by atoms with Crippen LogP contribution in [0.2, 0.25) is 0 Å². The summed E-state index contributed by atoms with van der Waals surface area (Å²) in [6.45, 7) is 6.69. The SMILES string of the molecule is CCNC(=O)C(CC(C)C)N[C@@H](Cc1ccccc1)NC(=O)CCc1ccccc1. The van der Waals surface area contributed by atoms with Gasteiger partial charge in [0, 0.05) is 19.4 Å². The first-order valence-corrected chi connectivity index (χ1v) is 10.9. The lowest BCUT2D eigenvalue weighted by Gasteiger charge is -2.27. The van der Waals surface area contributed by atoms with E-state index in [1.54, 1.807) is 0 Å². The fraction of sp³-hybridized carbons (Fsp3) is 0.440. The largest absolute Gasteiger partial charge is 0.355 e.